The van der Waals surface area contributed by atoms with Crippen molar-refractivity contribution in [2.24, 2.45) is 0 Å². The maximum absolute atomic E-state index is 14.1. The van der Waals surface area contributed by atoms with Crippen LogP contribution in [0.15, 0.2) is 17.0 Å². The van der Waals surface area contributed by atoms with Crippen molar-refractivity contribution in [1.82, 2.24) is 0 Å². The van der Waals surface area contributed by atoms with Crippen molar-refractivity contribution in [3.05, 3.63) is 28.8 Å². The van der Waals surface area contributed by atoms with Crippen LogP contribution in [0.2, 0.25) is 0 Å². The molecule has 0 saturated carbocycles. The second-order valence-corrected chi connectivity index (χ2v) is 6.74. The van der Waals surface area contributed by atoms with E-state index in [2.05, 4.69) is 0 Å². The van der Waals surface area contributed by atoms with Gasteiger partial charge < -0.3 is 9.47 Å². The van der Waals surface area contributed by atoms with Gasteiger partial charge in [-0.1, -0.05) is 6.07 Å². The van der Waals surface area contributed by atoms with Crippen LogP contribution in [0.3, 0.4) is 0 Å². The summed E-state index contributed by atoms with van der Waals surface area (Å²) in [7, 11) is -1.97. The molecule has 0 saturated heterocycles. The molecule has 1 aliphatic carbocycles. The van der Waals surface area contributed by atoms with E-state index in [1.807, 2.05) is 6.92 Å². The highest BCUT2D eigenvalue weighted by Crippen LogP contribution is 2.41. The van der Waals surface area contributed by atoms with Crippen molar-refractivity contribution >= 4 is 9.84 Å². The largest absolute Gasteiger partial charge is 0.359 e. The Balaban J connectivity index is 2.56. The van der Waals surface area contributed by atoms with Gasteiger partial charge in [-0.2, -0.15) is 0 Å². The summed E-state index contributed by atoms with van der Waals surface area (Å²) >= 11 is 0. The van der Waals surface area contributed by atoms with Crippen molar-refractivity contribution in [2.75, 3.05) is 20.2 Å². The molecule has 1 aliphatic rings. The maximum Gasteiger partial charge on any atom is 0.175 e. The van der Waals surface area contributed by atoms with Gasteiger partial charge in [0.1, 0.15) is 19.1 Å². The molecular formula is C13H17FO4S. The van der Waals surface area contributed by atoms with Gasteiger partial charge in [-0.3, -0.25) is 0 Å². The molecule has 0 bridgehead atoms. The summed E-state index contributed by atoms with van der Waals surface area (Å²) in [6, 6.07) is 3.23. The minimum absolute atomic E-state index is 0.0678. The first-order valence-electron chi connectivity index (χ1n) is 5.93. The van der Waals surface area contributed by atoms with Gasteiger partial charge in [0.15, 0.2) is 9.84 Å². The van der Waals surface area contributed by atoms with Crippen LogP contribution in [0.25, 0.3) is 0 Å². The lowest BCUT2D eigenvalue weighted by atomic mass is 10.0. The third-order valence-corrected chi connectivity index (χ3v) is 4.48. The number of hydrogen-bond acceptors (Lipinski definition) is 4. The lowest BCUT2D eigenvalue weighted by Gasteiger charge is -2.17. The van der Waals surface area contributed by atoms with E-state index < -0.39 is 22.1 Å². The average Bonchev–Trinajstić information content (AvgIpc) is 2.63. The predicted octanol–water partition coefficient (Wildman–Crippen LogP) is 1.95. The van der Waals surface area contributed by atoms with E-state index in [0.717, 1.165) is 17.4 Å². The fourth-order valence-electron chi connectivity index (χ4n) is 2.47. The SMILES string of the molecule is COCO[C@H]1c2c(S(C)(=O)=O)ccc(C)c2C[C@H]1F. The van der Waals surface area contributed by atoms with Crippen molar-refractivity contribution in [1.29, 1.82) is 0 Å². The van der Waals surface area contributed by atoms with Gasteiger partial charge in [0.25, 0.3) is 0 Å². The summed E-state index contributed by atoms with van der Waals surface area (Å²) in [5.41, 5.74) is 2.07. The molecule has 4 nitrogen and oxygen atoms in total. The summed E-state index contributed by atoms with van der Waals surface area (Å²) in [5, 5.41) is 0. The van der Waals surface area contributed by atoms with Gasteiger partial charge in [0, 0.05) is 25.3 Å². The molecule has 106 valence electrons. The second kappa shape index (κ2) is 5.19. The Bertz CT molecular complexity index is 583. The number of hydrogen-bond donors (Lipinski definition) is 0. The van der Waals surface area contributed by atoms with Gasteiger partial charge in [-0.25, -0.2) is 12.8 Å². The zero-order chi connectivity index (χ0) is 14.2. The monoisotopic (exact) mass is 288 g/mol. The van der Waals surface area contributed by atoms with E-state index in [9.17, 15) is 12.8 Å². The van der Waals surface area contributed by atoms with Crippen LogP contribution in [0.5, 0.6) is 0 Å². The zero-order valence-corrected chi connectivity index (χ0v) is 12.0. The summed E-state index contributed by atoms with van der Waals surface area (Å²) < 4.78 is 47.8. The Morgan fingerprint density at radius 1 is 1.42 bits per heavy atom. The normalized spacial score (nSPS) is 22.5. The Morgan fingerprint density at radius 3 is 2.68 bits per heavy atom. The van der Waals surface area contributed by atoms with Gasteiger partial charge in [0.2, 0.25) is 0 Å². The lowest BCUT2D eigenvalue weighted by Crippen LogP contribution is -2.15. The molecule has 0 N–H and O–H groups in total. The number of alkyl halides is 1. The van der Waals surface area contributed by atoms with E-state index in [4.69, 9.17) is 9.47 Å². The minimum Gasteiger partial charge on any atom is -0.359 e. The Labute approximate surface area is 112 Å². The molecule has 2 rings (SSSR count). The smallest absolute Gasteiger partial charge is 0.175 e. The zero-order valence-electron chi connectivity index (χ0n) is 11.1. The molecule has 2 atom stereocenters. The number of aryl methyl sites for hydroxylation is 1. The number of sulfone groups is 1. The highest BCUT2D eigenvalue weighted by atomic mass is 32.2. The van der Waals surface area contributed by atoms with Gasteiger partial charge >= 0.3 is 0 Å². The first kappa shape index (κ1) is 14.4. The Kier molecular flexibility index (Phi) is 3.94. The van der Waals surface area contributed by atoms with Crippen LogP contribution in [0, 0.1) is 6.92 Å². The third kappa shape index (κ3) is 2.66. The van der Waals surface area contributed by atoms with E-state index in [1.165, 1.54) is 13.2 Å². The first-order valence-corrected chi connectivity index (χ1v) is 7.82. The second-order valence-electron chi connectivity index (χ2n) is 4.76. The van der Waals surface area contributed by atoms with Gasteiger partial charge in [-0.15, -0.1) is 0 Å². The number of methoxy groups -OCH3 is 1. The van der Waals surface area contributed by atoms with E-state index in [-0.39, 0.29) is 18.1 Å². The molecule has 0 unspecified atom stereocenters. The van der Waals surface area contributed by atoms with Crippen molar-refractivity contribution < 1.29 is 22.3 Å². The summed E-state index contributed by atoms with van der Waals surface area (Å²) in [4.78, 5) is 0.148. The van der Waals surface area contributed by atoms with Crippen LogP contribution in [0.4, 0.5) is 4.39 Å². The van der Waals surface area contributed by atoms with Crippen molar-refractivity contribution in [3.63, 3.8) is 0 Å². The molecule has 0 spiro atoms. The molecule has 1 aromatic carbocycles. The van der Waals surface area contributed by atoms with Crippen LogP contribution >= 0.6 is 0 Å². The molecule has 0 amide bonds. The van der Waals surface area contributed by atoms with E-state index in [1.54, 1.807) is 6.07 Å². The molecule has 0 aromatic heterocycles. The van der Waals surface area contributed by atoms with E-state index in [0.29, 0.717) is 5.56 Å². The highest BCUT2D eigenvalue weighted by molar-refractivity contribution is 7.90. The minimum atomic E-state index is -3.41. The standard InChI is InChI=1S/C13H17FO4S/c1-8-4-5-11(19(3,15)16)12-9(8)6-10(14)13(12)18-7-17-2/h4-5,10,13H,6-7H2,1-3H3/t10-,13-/m1/s1. The summed E-state index contributed by atoms with van der Waals surface area (Å²) in [6.07, 6.45) is -0.818. The topological polar surface area (TPSA) is 52.6 Å². The Hall–Kier alpha value is -0.980. The van der Waals surface area contributed by atoms with Crippen molar-refractivity contribution in [3.8, 4) is 0 Å². The fourth-order valence-corrected chi connectivity index (χ4v) is 3.42. The van der Waals surface area contributed by atoms with Crippen LogP contribution < -0.4 is 0 Å². The number of halogens is 1. The van der Waals surface area contributed by atoms with Gasteiger partial charge in [0.05, 0.1) is 4.90 Å². The number of benzene rings is 1. The predicted molar refractivity (Wildman–Crippen MR) is 68.6 cm³/mol. The molecule has 0 aliphatic heterocycles. The lowest BCUT2D eigenvalue weighted by molar-refractivity contribution is -0.0939. The molecule has 19 heavy (non-hydrogen) atoms. The number of ether oxygens (including phenoxy) is 2. The average molecular weight is 288 g/mol. The van der Waals surface area contributed by atoms with Crippen molar-refractivity contribution in [2.45, 2.75) is 30.5 Å². The highest BCUT2D eigenvalue weighted by Gasteiger charge is 2.38. The summed E-state index contributed by atoms with van der Waals surface area (Å²) in [5.74, 6) is 0. The van der Waals surface area contributed by atoms with Gasteiger partial charge in [-0.05, 0) is 24.1 Å². The summed E-state index contributed by atoms with van der Waals surface area (Å²) in [6.45, 7) is 1.78. The van der Waals surface area contributed by atoms with E-state index >= 15 is 0 Å². The fraction of sp³-hybridized carbons (Fsp3) is 0.538. The first-order chi connectivity index (χ1) is 8.86. The third-order valence-electron chi connectivity index (χ3n) is 3.33. The van der Waals surface area contributed by atoms with Crippen LogP contribution in [-0.2, 0) is 25.7 Å². The Morgan fingerprint density at radius 2 is 2.11 bits per heavy atom. The molecular weight excluding hydrogens is 271 g/mol. The number of fused-ring (bicyclic) bond motifs is 1. The van der Waals surface area contributed by atoms with Crippen LogP contribution in [0.1, 0.15) is 22.8 Å². The molecule has 0 heterocycles. The molecule has 0 fully saturated rings. The molecule has 0 radical (unpaired) electrons. The quantitative estimate of drug-likeness (QED) is 0.795. The van der Waals surface area contributed by atoms with Crippen LogP contribution in [-0.4, -0.2) is 34.7 Å². The molecule has 1 aromatic rings. The number of rotatable bonds is 4. The maximum atomic E-state index is 14.1. The molecule has 6 heteroatoms.